The van der Waals surface area contributed by atoms with Crippen LogP contribution in [0, 0.1) is 6.92 Å². The molecule has 31 heavy (non-hydrogen) atoms. The number of anilines is 1. The number of nitrogens with zero attached hydrogens (tertiary/aromatic N) is 3. The van der Waals surface area contributed by atoms with Crippen LogP contribution in [0.5, 0.6) is 11.5 Å². The molecule has 3 rings (SSSR count). The van der Waals surface area contributed by atoms with Crippen molar-refractivity contribution in [3.8, 4) is 11.5 Å². The van der Waals surface area contributed by atoms with Crippen LogP contribution in [-0.4, -0.2) is 36.3 Å². The molecule has 8 heteroatoms. The summed E-state index contributed by atoms with van der Waals surface area (Å²) in [5.74, 6) is 1.16. The van der Waals surface area contributed by atoms with Crippen LogP contribution in [0.4, 0.5) is 10.5 Å². The Morgan fingerprint density at radius 1 is 1.16 bits per heavy atom. The Hall–Kier alpha value is -3.19. The number of urea groups is 1. The highest BCUT2D eigenvalue weighted by Crippen LogP contribution is 2.32. The van der Waals surface area contributed by atoms with Crippen LogP contribution in [0.15, 0.2) is 55.0 Å². The van der Waals surface area contributed by atoms with Crippen LogP contribution in [0.1, 0.15) is 17.7 Å². The largest absolute Gasteiger partial charge is 0.493 e. The zero-order valence-corrected chi connectivity index (χ0v) is 18.7. The number of hydrogen-bond donors (Lipinski definition) is 1. The van der Waals surface area contributed by atoms with Gasteiger partial charge < -0.3 is 19.4 Å². The Morgan fingerprint density at radius 3 is 2.65 bits per heavy atom. The van der Waals surface area contributed by atoms with Gasteiger partial charge in [-0.2, -0.15) is 0 Å². The van der Waals surface area contributed by atoms with Crippen molar-refractivity contribution in [2.24, 2.45) is 0 Å². The van der Waals surface area contributed by atoms with Crippen LogP contribution in [-0.2, 0) is 13.1 Å². The van der Waals surface area contributed by atoms with Crippen molar-refractivity contribution in [3.63, 3.8) is 0 Å². The SMILES string of the molecule is COc1ccc(N(Cc2cccc(Cl)c2)C(=O)NCCCn2cncc2C)cc1OC. The molecule has 0 spiro atoms. The number of nitrogens with one attached hydrogen (secondary N) is 1. The first-order valence-corrected chi connectivity index (χ1v) is 10.4. The van der Waals surface area contributed by atoms with E-state index in [4.69, 9.17) is 21.1 Å². The molecule has 1 aromatic heterocycles. The van der Waals surface area contributed by atoms with Crippen LogP contribution in [0.2, 0.25) is 5.02 Å². The number of hydrogen-bond acceptors (Lipinski definition) is 4. The molecule has 2 amide bonds. The van der Waals surface area contributed by atoms with E-state index in [2.05, 4.69) is 14.9 Å². The Bertz CT molecular complexity index is 1020. The number of rotatable bonds is 9. The van der Waals surface area contributed by atoms with E-state index in [0.29, 0.717) is 35.3 Å². The van der Waals surface area contributed by atoms with E-state index in [1.807, 2.05) is 43.5 Å². The quantitative estimate of drug-likeness (QED) is 0.489. The molecule has 0 aliphatic heterocycles. The average molecular weight is 443 g/mol. The van der Waals surface area contributed by atoms with Gasteiger partial charge in [0, 0.05) is 41.8 Å². The molecule has 0 radical (unpaired) electrons. The van der Waals surface area contributed by atoms with Crippen molar-refractivity contribution in [2.45, 2.75) is 26.4 Å². The first-order valence-electron chi connectivity index (χ1n) is 10.0. The zero-order valence-electron chi connectivity index (χ0n) is 18.0. The molecule has 0 atom stereocenters. The second-order valence-electron chi connectivity index (χ2n) is 7.07. The zero-order chi connectivity index (χ0) is 22.2. The summed E-state index contributed by atoms with van der Waals surface area (Å²) in [5.41, 5.74) is 2.71. The van der Waals surface area contributed by atoms with Crippen molar-refractivity contribution in [2.75, 3.05) is 25.7 Å². The molecule has 0 fully saturated rings. The van der Waals surface area contributed by atoms with E-state index in [-0.39, 0.29) is 6.03 Å². The van der Waals surface area contributed by atoms with Gasteiger partial charge in [0.15, 0.2) is 11.5 Å². The number of halogens is 1. The van der Waals surface area contributed by atoms with E-state index in [1.54, 1.807) is 37.6 Å². The lowest BCUT2D eigenvalue weighted by atomic mass is 10.2. The Balaban J connectivity index is 1.74. The molecule has 1 heterocycles. The van der Waals surface area contributed by atoms with Gasteiger partial charge in [-0.1, -0.05) is 23.7 Å². The van der Waals surface area contributed by atoms with E-state index in [9.17, 15) is 4.79 Å². The molecule has 0 bridgehead atoms. The lowest BCUT2D eigenvalue weighted by Crippen LogP contribution is -2.40. The van der Waals surface area contributed by atoms with E-state index < -0.39 is 0 Å². The number of aryl methyl sites for hydroxylation is 2. The summed E-state index contributed by atoms with van der Waals surface area (Å²) in [6.45, 7) is 3.70. The fraction of sp³-hybridized carbons (Fsp3) is 0.304. The van der Waals surface area contributed by atoms with Gasteiger partial charge in [-0.3, -0.25) is 4.90 Å². The topological polar surface area (TPSA) is 68.6 Å². The maximum absolute atomic E-state index is 13.1. The molecule has 0 aliphatic rings. The highest BCUT2D eigenvalue weighted by atomic mass is 35.5. The third kappa shape index (κ3) is 5.92. The molecular formula is C23H27ClN4O3. The number of methoxy groups -OCH3 is 2. The van der Waals surface area contributed by atoms with Gasteiger partial charge in [0.05, 0.1) is 27.1 Å². The number of benzene rings is 2. The Kier molecular flexibility index (Phi) is 7.78. The molecular weight excluding hydrogens is 416 g/mol. The molecule has 2 aromatic carbocycles. The van der Waals surface area contributed by atoms with Gasteiger partial charge >= 0.3 is 6.03 Å². The molecule has 0 saturated carbocycles. The number of carbonyl (C=O) groups excluding carboxylic acids is 1. The first kappa shape index (κ1) is 22.5. The molecule has 0 unspecified atom stereocenters. The predicted molar refractivity (Wildman–Crippen MR) is 122 cm³/mol. The van der Waals surface area contributed by atoms with Crippen LogP contribution in [0.3, 0.4) is 0 Å². The summed E-state index contributed by atoms with van der Waals surface area (Å²) in [5, 5.41) is 3.64. The van der Waals surface area contributed by atoms with Gasteiger partial charge in [0.1, 0.15) is 0 Å². The van der Waals surface area contributed by atoms with Crippen molar-refractivity contribution >= 4 is 23.3 Å². The highest BCUT2D eigenvalue weighted by molar-refractivity contribution is 6.30. The minimum atomic E-state index is -0.199. The molecule has 3 aromatic rings. The summed E-state index contributed by atoms with van der Waals surface area (Å²) in [6, 6.07) is 12.7. The summed E-state index contributed by atoms with van der Waals surface area (Å²) in [4.78, 5) is 18.9. The lowest BCUT2D eigenvalue weighted by molar-refractivity contribution is 0.245. The second kappa shape index (κ2) is 10.7. The molecule has 0 aliphatic carbocycles. The molecule has 7 nitrogen and oxygen atoms in total. The highest BCUT2D eigenvalue weighted by Gasteiger charge is 2.18. The van der Waals surface area contributed by atoms with Gasteiger partial charge in [0.2, 0.25) is 0 Å². The normalized spacial score (nSPS) is 10.6. The van der Waals surface area contributed by atoms with Crippen molar-refractivity contribution in [3.05, 3.63) is 71.3 Å². The number of ether oxygens (including phenoxy) is 2. The number of aromatic nitrogens is 2. The van der Waals surface area contributed by atoms with E-state index in [0.717, 1.165) is 24.2 Å². The third-order valence-corrected chi connectivity index (χ3v) is 5.16. The summed E-state index contributed by atoms with van der Waals surface area (Å²) in [6.07, 6.45) is 4.41. The monoisotopic (exact) mass is 442 g/mol. The average Bonchev–Trinajstić information content (AvgIpc) is 3.19. The van der Waals surface area contributed by atoms with Crippen LogP contribution >= 0.6 is 11.6 Å². The van der Waals surface area contributed by atoms with Crippen molar-refractivity contribution in [1.82, 2.24) is 14.9 Å². The first-order chi connectivity index (χ1) is 15.0. The van der Waals surface area contributed by atoms with Crippen molar-refractivity contribution in [1.29, 1.82) is 0 Å². The predicted octanol–water partition coefficient (Wildman–Crippen LogP) is 4.67. The minimum Gasteiger partial charge on any atom is -0.493 e. The molecule has 164 valence electrons. The summed E-state index contributed by atoms with van der Waals surface area (Å²) < 4.78 is 12.8. The second-order valence-corrected chi connectivity index (χ2v) is 7.51. The van der Waals surface area contributed by atoms with Crippen LogP contribution < -0.4 is 19.7 Å². The third-order valence-electron chi connectivity index (χ3n) is 4.93. The standard InChI is InChI=1S/C23H27ClN4O3/c1-17-14-25-16-27(17)11-5-10-26-23(29)28(15-18-6-4-7-19(24)12-18)20-8-9-21(30-2)22(13-20)31-3/h4,6-9,12-14,16H,5,10-11,15H2,1-3H3,(H,26,29). The Morgan fingerprint density at radius 2 is 1.97 bits per heavy atom. The maximum atomic E-state index is 13.1. The van der Waals surface area contributed by atoms with Gasteiger partial charge in [-0.15, -0.1) is 0 Å². The summed E-state index contributed by atoms with van der Waals surface area (Å²) >= 11 is 6.14. The van der Waals surface area contributed by atoms with E-state index >= 15 is 0 Å². The van der Waals surface area contributed by atoms with Gasteiger partial charge in [0.25, 0.3) is 0 Å². The van der Waals surface area contributed by atoms with Crippen LogP contribution in [0.25, 0.3) is 0 Å². The smallest absolute Gasteiger partial charge is 0.322 e. The number of amides is 2. The van der Waals surface area contributed by atoms with Gasteiger partial charge in [-0.05, 0) is 43.2 Å². The number of imidazole rings is 1. The Labute approximate surface area is 187 Å². The minimum absolute atomic E-state index is 0.199. The summed E-state index contributed by atoms with van der Waals surface area (Å²) in [7, 11) is 3.15. The van der Waals surface area contributed by atoms with E-state index in [1.165, 1.54) is 0 Å². The van der Waals surface area contributed by atoms with Crippen molar-refractivity contribution < 1.29 is 14.3 Å². The maximum Gasteiger partial charge on any atom is 0.322 e. The molecule has 1 N–H and O–H groups in total. The lowest BCUT2D eigenvalue weighted by Gasteiger charge is -2.24. The van der Waals surface area contributed by atoms with Gasteiger partial charge in [-0.25, -0.2) is 9.78 Å². The number of carbonyl (C=O) groups is 1. The fourth-order valence-corrected chi connectivity index (χ4v) is 3.47. The fourth-order valence-electron chi connectivity index (χ4n) is 3.25. The molecule has 0 saturated heterocycles.